The summed E-state index contributed by atoms with van der Waals surface area (Å²) in [5.41, 5.74) is 3.25. The molecule has 0 bridgehead atoms. The SMILES string of the molecule is COO.COO.[2H]C(C[3H])[C@H]1O[C@@H](n2cnc3c(NC(=O)c4ccccc4)ncnc32)CC1OC(=O)c1ccccc1.[3H]CC(O)[C@H]1O[C@@H](n2cnc3c(NC(=O)c4ccccc4)ncnc32)CC1OC(=O)c1ccccc1.[3H]OC. The zero-order valence-electron chi connectivity index (χ0n) is 45.7. The Morgan fingerprint density at radius 2 is 1.05 bits per heavy atom. The highest BCUT2D eigenvalue weighted by molar-refractivity contribution is 6.07. The number of aliphatic hydroxyl groups is 2. The smallest absolute Gasteiger partial charge is 0.338 e. The predicted molar refractivity (Wildman–Crippen MR) is 277 cm³/mol. The maximum absolute atomic E-state index is 12.7. The van der Waals surface area contributed by atoms with Crippen LogP contribution in [-0.2, 0) is 28.7 Å². The van der Waals surface area contributed by atoms with E-state index in [0.29, 0.717) is 44.6 Å². The molecule has 6 N–H and O–H groups in total. The quantitative estimate of drug-likeness (QED) is 0.0416. The van der Waals surface area contributed by atoms with E-state index in [1.807, 2.05) is 12.1 Å². The fourth-order valence-corrected chi connectivity index (χ4v) is 7.86. The number of benzene rings is 4. The van der Waals surface area contributed by atoms with Crippen LogP contribution in [0, 0.1) is 0 Å². The number of hydrogen-bond donors (Lipinski definition) is 6. The van der Waals surface area contributed by atoms with Gasteiger partial charge in [0.15, 0.2) is 34.0 Å². The normalized spacial score (nSPS) is 19.7. The fourth-order valence-electron chi connectivity index (χ4n) is 7.86. The van der Waals surface area contributed by atoms with Crippen molar-refractivity contribution in [1.29, 1.82) is 1.43 Å². The molecule has 77 heavy (non-hydrogen) atoms. The molecule has 0 aliphatic carbocycles. The third-order valence-corrected chi connectivity index (χ3v) is 11.3. The molecule has 8 aromatic rings. The van der Waals surface area contributed by atoms with Crippen LogP contribution < -0.4 is 10.6 Å². The van der Waals surface area contributed by atoms with Gasteiger partial charge in [-0.2, -0.15) is 0 Å². The summed E-state index contributed by atoms with van der Waals surface area (Å²) >= 11 is 0. The third kappa shape index (κ3) is 14.9. The second-order valence-corrected chi connectivity index (χ2v) is 16.1. The van der Waals surface area contributed by atoms with E-state index >= 15 is 0 Å². The molecule has 0 radical (unpaired) electrons. The van der Waals surface area contributed by atoms with Crippen LogP contribution in [-0.4, -0.2) is 137 Å². The topological polar surface area (TPSA) is 316 Å². The van der Waals surface area contributed by atoms with Crippen LogP contribution in [0.1, 0.15) is 91.0 Å². The van der Waals surface area contributed by atoms with Gasteiger partial charge in [-0.1, -0.05) is 79.7 Å². The van der Waals surface area contributed by atoms with Gasteiger partial charge < -0.3 is 39.8 Å². The van der Waals surface area contributed by atoms with Crippen LogP contribution in [0.25, 0.3) is 22.3 Å². The number of amides is 2. The van der Waals surface area contributed by atoms with Gasteiger partial charge in [0.05, 0.1) is 50.2 Å². The highest BCUT2D eigenvalue weighted by Gasteiger charge is 2.43. The van der Waals surface area contributed by atoms with Gasteiger partial charge in [-0.05, 0) is 61.8 Å². The molecule has 2 saturated heterocycles. The number of ether oxygens (including phenoxy) is 4. The highest BCUT2D eigenvalue weighted by Crippen LogP contribution is 2.37. The molecule has 2 aliphatic rings. The van der Waals surface area contributed by atoms with Crippen molar-refractivity contribution in [3.63, 3.8) is 0 Å². The zero-order chi connectivity index (χ0) is 58.3. The van der Waals surface area contributed by atoms with Crippen molar-refractivity contribution < 1.29 is 72.7 Å². The Morgan fingerprint density at radius 3 is 1.47 bits per heavy atom. The average Bonchev–Trinajstić information content (AvgIpc) is 4.35. The molecule has 10 rings (SSSR count). The number of aromatic nitrogens is 8. The van der Waals surface area contributed by atoms with Gasteiger partial charge in [-0.3, -0.25) is 29.2 Å². The summed E-state index contributed by atoms with van der Waals surface area (Å²) in [5.74, 6) is -1.25. The van der Waals surface area contributed by atoms with E-state index in [9.17, 15) is 24.3 Å². The van der Waals surface area contributed by atoms with Crippen molar-refractivity contribution in [2.75, 3.05) is 32.0 Å². The lowest BCUT2D eigenvalue weighted by Crippen LogP contribution is -2.35. The summed E-state index contributed by atoms with van der Waals surface area (Å²) in [6.07, 6.45) is -0.517. The summed E-state index contributed by atoms with van der Waals surface area (Å²) in [6, 6.07) is 34.6. The minimum absolute atomic E-state index is 0.209. The zero-order valence-corrected chi connectivity index (χ0v) is 41.7. The van der Waals surface area contributed by atoms with E-state index in [1.165, 1.54) is 46.6 Å². The summed E-state index contributed by atoms with van der Waals surface area (Å²) in [5, 5.41) is 33.5. The second kappa shape index (κ2) is 29.0. The molecule has 6 heterocycles. The number of anilines is 2. The van der Waals surface area contributed by atoms with Gasteiger partial charge in [-0.25, -0.2) is 49.3 Å². The van der Waals surface area contributed by atoms with Gasteiger partial charge in [0, 0.05) is 35.2 Å². The largest absolute Gasteiger partial charge is 0.456 e. The first-order valence-electron chi connectivity index (χ1n) is 25.7. The molecule has 24 nitrogen and oxygen atoms in total. The first-order chi connectivity index (χ1) is 39.3. The molecule has 2 fully saturated rings. The minimum Gasteiger partial charge on any atom is -0.456 e. The molecular weight excluding hydrogens is 1000 g/mol. The van der Waals surface area contributed by atoms with Gasteiger partial charge >= 0.3 is 11.9 Å². The molecule has 4 unspecified atom stereocenters. The molecule has 404 valence electrons. The Balaban J connectivity index is 0.000000228. The Kier molecular flexibility index (Phi) is 19.6. The van der Waals surface area contributed by atoms with Gasteiger partial charge in [0.25, 0.3) is 11.8 Å². The van der Waals surface area contributed by atoms with Crippen LogP contribution in [0.3, 0.4) is 0 Å². The van der Waals surface area contributed by atoms with E-state index in [-0.39, 0.29) is 50.1 Å². The number of esters is 2. The first-order valence-corrected chi connectivity index (χ1v) is 23.3. The number of rotatable bonds is 12. The van der Waals surface area contributed by atoms with Crippen molar-refractivity contribution in [1.82, 2.24) is 39.0 Å². The lowest BCUT2D eigenvalue weighted by Gasteiger charge is -2.21. The lowest BCUT2D eigenvalue weighted by molar-refractivity contribution is -0.215. The standard InChI is InChI=1S/C25H23N5O5.C25H23N5O4.2CH4O2.CH4O/c1-15(31)21-18(34-25(33)17-10-6-3-7-11-17)12-19(35-21)30-14-28-20-22(26-13-27-23(20)30)29-24(32)16-8-4-2-5-9-16;1-2-18-19(34-25(32)17-11-7-4-8-12-17)13-20(33-18)30-15-28-21-22(26-14-27-23(21)30)29-24(31)16-9-5-3-6-10-16;2*1-3-2;1-2/h2-11,13-15,18-19,21,31H,12H2,1H3,(H,26,27,29,32);3-12,14-15,18-20H,2,13H2,1H3,(H,26,27,29,31);2*2H,1H3;2H,1H3/t15?,18?,19-,21-;18-,19?,20-;;;/m11.../s1/i1T;1T,2D;;;2T/tm;2?,18-,19?,20-;;;. The Labute approximate surface area is 446 Å². The van der Waals surface area contributed by atoms with Crippen molar-refractivity contribution in [3.05, 3.63) is 169 Å². The Bertz CT molecular complexity index is 3020. The van der Waals surface area contributed by atoms with Gasteiger partial charge in [-0.15, -0.1) is 0 Å². The molecule has 0 saturated carbocycles. The van der Waals surface area contributed by atoms with Crippen molar-refractivity contribution in [2.45, 2.75) is 76.0 Å². The van der Waals surface area contributed by atoms with E-state index in [2.05, 4.69) is 55.4 Å². The first kappa shape index (κ1) is 52.0. The highest BCUT2D eigenvalue weighted by atomic mass is 17.1. The lowest BCUT2D eigenvalue weighted by atomic mass is 10.1. The predicted octanol–water partition coefficient (Wildman–Crippen LogP) is 6.79. The number of hydrogen-bond acceptors (Lipinski definition) is 20. The van der Waals surface area contributed by atoms with Crippen LogP contribution in [0.15, 0.2) is 147 Å². The number of aliphatic hydroxyl groups excluding tert-OH is 2. The summed E-state index contributed by atoms with van der Waals surface area (Å²) in [4.78, 5) is 82.7. The number of nitrogens with zero attached hydrogens (tertiary/aromatic N) is 8. The number of imidazole rings is 2. The number of carbonyl (C=O) groups is 4. The Morgan fingerprint density at radius 1 is 0.662 bits per heavy atom. The van der Waals surface area contributed by atoms with E-state index in [1.54, 1.807) is 118 Å². The number of fused-ring (bicyclic) bond motifs is 2. The fraction of sp³-hybridized carbons (Fsp3) is 0.283. The van der Waals surface area contributed by atoms with Gasteiger partial charge in [0.2, 0.25) is 1.43 Å². The van der Waals surface area contributed by atoms with Crippen molar-refractivity contribution in [2.24, 2.45) is 0 Å². The molecule has 2 aliphatic heterocycles. The average molecular weight is 1070 g/mol. The Hall–Kier alpha value is -8.46. The number of carbonyl (C=O) groups excluding carboxylic acids is 4. The van der Waals surface area contributed by atoms with Crippen LogP contribution in [0.5, 0.6) is 0 Å². The van der Waals surface area contributed by atoms with E-state index in [4.69, 9.17) is 35.0 Å². The molecule has 4 aromatic heterocycles. The van der Waals surface area contributed by atoms with Crippen LogP contribution >= 0.6 is 0 Å². The molecule has 0 spiro atoms. The van der Waals surface area contributed by atoms with Gasteiger partial charge in [0.1, 0.15) is 43.4 Å². The maximum Gasteiger partial charge on any atom is 0.338 e. The minimum atomic E-state index is -1.16. The second-order valence-electron chi connectivity index (χ2n) is 16.1. The number of nitrogens with one attached hydrogen (secondary N) is 2. The maximum atomic E-state index is 12.7. The van der Waals surface area contributed by atoms with Crippen LogP contribution in [0.4, 0.5) is 11.6 Å². The molecule has 24 heteroatoms. The third-order valence-electron chi connectivity index (χ3n) is 11.3. The van der Waals surface area contributed by atoms with Crippen LogP contribution in [0.2, 0.25) is 0 Å². The molecule has 2 amide bonds. The summed E-state index contributed by atoms with van der Waals surface area (Å²) in [7, 11) is 3.65. The molecular formula is C53H58N10O14. The molecule has 8 atom stereocenters. The summed E-state index contributed by atoms with van der Waals surface area (Å²) in [6.45, 7) is -0.529. The molecule has 4 aromatic carbocycles. The summed E-state index contributed by atoms with van der Waals surface area (Å²) < 4.78 is 56.0. The van der Waals surface area contributed by atoms with E-state index in [0.717, 1.165) is 0 Å². The van der Waals surface area contributed by atoms with E-state index < -0.39 is 61.3 Å². The van der Waals surface area contributed by atoms with Crippen molar-refractivity contribution in [3.8, 4) is 0 Å². The van der Waals surface area contributed by atoms with Crippen molar-refractivity contribution >= 4 is 57.7 Å². The monoisotopic (exact) mass is 1070 g/mol.